The number of anilines is 1. The number of amides is 1. The molecular weight excluding hydrogens is 435 g/mol. The van der Waals surface area contributed by atoms with E-state index in [1.165, 1.54) is 17.0 Å². The second-order valence-corrected chi connectivity index (χ2v) is 9.84. The predicted molar refractivity (Wildman–Crippen MR) is 128 cm³/mol. The number of nitrogens with zero attached hydrogens (tertiary/aromatic N) is 4. The minimum atomic E-state index is -0.996. The Morgan fingerprint density at radius 2 is 1.97 bits per heavy atom. The van der Waals surface area contributed by atoms with Crippen LogP contribution in [0.4, 0.5) is 14.9 Å². The van der Waals surface area contributed by atoms with Crippen molar-refractivity contribution in [3.05, 3.63) is 60.2 Å². The van der Waals surface area contributed by atoms with Crippen LogP contribution < -0.4 is 9.64 Å². The van der Waals surface area contributed by atoms with Gasteiger partial charge in [0.15, 0.2) is 0 Å². The molecule has 0 saturated carbocycles. The lowest BCUT2D eigenvalue weighted by Gasteiger charge is -2.42. The molecule has 1 fully saturated rings. The molecule has 2 aromatic carbocycles. The number of aromatic nitrogens is 2. The lowest BCUT2D eigenvalue weighted by Crippen LogP contribution is -2.50. The van der Waals surface area contributed by atoms with Crippen LogP contribution in [0.3, 0.4) is 0 Å². The van der Waals surface area contributed by atoms with Gasteiger partial charge in [0.2, 0.25) is 0 Å². The average molecular weight is 465 g/mol. The van der Waals surface area contributed by atoms with E-state index in [2.05, 4.69) is 17.0 Å². The van der Waals surface area contributed by atoms with Gasteiger partial charge in [-0.3, -0.25) is 9.58 Å². The molecule has 1 saturated heterocycles. The fraction of sp³-hybridized carbons (Fsp3) is 0.385. The predicted octanol–water partition coefficient (Wildman–Crippen LogP) is 5.57. The maximum Gasteiger partial charge on any atom is 0.412 e. The number of halogens is 1. The van der Waals surface area contributed by atoms with Gasteiger partial charge >= 0.3 is 6.09 Å². The number of benzene rings is 2. The molecule has 34 heavy (non-hydrogen) atoms. The first-order valence-corrected chi connectivity index (χ1v) is 11.6. The molecule has 2 aliphatic rings. The number of ether oxygens (including phenoxy) is 1. The number of likely N-dealkylation sites (tertiary alicyclic amines) is 1. The van der Waals surface area contributed by atoms with Crippen molar-refractivity contribution in [1.82, 2.24) is 14.7 Å². The van der Waals surface area contributed by atoms with E-state index in [4.69, 9.17) is 4.74 Å². The van der Waals surface area contributed by atoms with Gasteiger partial charge in [0.1, 0.15) is 17.3 Å². The highest BCUT2D eigenvalue weighted by Crippen LogP contribution is 2.47. The first-order valence-electron chi connectivity index (χ1n) is 11.6. The van der Waals surface area contributed by atoms with Crippen molar-refractivity contribution in [2.75, 3.05) is 25.0 Å². The van der Waals surface area contributed by atoms with Crippen molar-refractivity contribution >= 4 is 11.8 Å². The second kappa shape index (κ2) is 8.43. The number of likely N-dealkylation sites (N-methyl/N-ethyl adjacent to an activating group) is 1. The SMILES string of the molecule is CN1CCC(n2cc(-c3ccc4c(c3Oc3ccc(F)cc3)CCC(C)(C)N4C(=O)O)cn2)C1. The number of carboxylic acid groups (broad SMARTS) is 1. The lowest BCUT2D eigenvalue weighted by atomic mass is 9.85. The second-order valence-electron chi connectivity index (χ2n) is 9.84. The standard InChI is InChI=1S/C26H29FN4O3/c1-26(2)12-10-22-23(31(26)25(32)33)9-8-21(24(22)34-20-6-4-18(27)5-7-20)17-14-28-30(15-17)19-11-13-29(3)16-19/h4-9,14-15,19H,10-13,16H2,1-3H3,(H,32,33). The van der Waals surface area contributed by atoms with E-state index in [0.29, 0.717) is 36.1 Å². The molecule has 1 unspecified atom stereocenters. The molecule has 1 N–H and O–H groups in total. The summed E-state index contributed by atoms with van der Waals surface area (Å²) in [4.78, 5) is 15.9. The molecule has 178 valence electrons. The van der Waals surface area contributed by atoms with Gasteiger partial charge in [-0.25, -0.2) is 9.18 Å². The van der Waals surface area contributed by atoms with Crippen LogP contribution in [0.15, 0.2) is 48.8 Å². The zero-order chi connectivity index (χ0) is 24.0. The van der Waals surface area contributed by atoms with Crippen LogP contribution in [-0.2, 0) is 6.42 Å². The molecule has 1 atom stereocenters. The van der Waals surface area contributed by atoms with Crippen LogP contribution in [-0.4, -0.2) is 51.6 Å². The van der Waals surface area contributed by atoms with Gasteiger partial charge in [-0.1, -0.05) is 0 Å². The zero-order valence-electron chi connectivity index (χ0n) is 19.7. The van der Waals surface area contributed by atoms with Crippen LogP contribution in [0.5, 0.6) is 11.5 Å². The van der Waals surface area contributed by atoms with E-state index in [-0.39, 0.29) is 5.82 Å². The zero-order valence-corrected chi connectivity index (χ0v) is 19.7. The number of hydrogen-bond donors (Lipinski definition) is 1. The Morgan fingerprint density at radius 3 is 2.65 bits per heavy atom. The van der Waals surface area contributed by atoms with E-state index < -0.39 is 11.6 Å². The first kappa shape index (κ1) is 22.4. The Balaban J connectivity index is 1.61. The van der Waals surface area contributed by atoms with Crippen LogP contribution in [0.1, 0.15) is 38.3 Å². The fourth-order valence-corrected chi connectivity index (χ4v) is 5.07. The monoisotopic (exact) mass is 464 g/mol. The van der Waals surface area contributed by atoms with E-state index in [9.17, 15) is 14.3 Å². The third-order valence-electron chi connectivity index (χ3n) is 6.95. The maximum atomic E-state index is 13.5. The maximum absolute atomic E-state index is 13.5. The molecule has 0 bridgehead atoms. The molecule has 7 nitrogen and oxygen atoms in total. The molecule has 0 aliphatic carbocycles. The van der Waals surface area contributed by atoms with Crippen molar-refractivity contribution in [2.24, 2.45) is 0 Å². The highest BCUT2D eigenvalue weighted by Gasteiger charge is 2.39. The normalized spacial score (nSPS) is 19.8. The molecule has 8 heteroatoms. The Kier molecular flexibility index (Phi) is 5.56. The van der Waals surface area contributed by atoms with Gasteiger partial charge in [-0.2, -0.15) is 5.10 Å². The molecule has 5 rings (SSSR count). The topological polar surface area (TPSA) is 70.8 Å². The molecule has 0 radical (unpaired) electrons. The van der Waals surface area contributed by atoms with Gasteiger partial charge < -0.3 is 14.7 Å². The highest BCUT2D eigenvalue weighted by atomic mass is 19.1. The van der Waals surface area contributed by atoms with E-state index >= 15 is 0 Å². The van der Waals surface area contributed by atoms with Crippen LogP contribution in [0.25, 0.3) is 11.1 Å². The molecule has 3 aromatic rings. The average Bonchev–Trinajstić information content (AvgIpc) is 3.43. The summed E-state index contributed by atoms with van der Waals surface area (Å²) >= 11 is 0. The van der Waals surface area contributed by atoms with E-state index in [1.54, 1.807) is 12.1 Å². The summed E-state index contributed by atoms with van der Waals surface area (Å²) in [5, 5.41) is 14.6. The quantitative estimate of drug-likeness (QED) is 0.547. The fourth-order valence-electron chi connectivity index (χ4n) is 5.07. The Hall–Kier alpha value is -3.39. The summed E-state index contributed by atoms with van der Waals surface area (Å²) in [6.07, 6.45) is 5.24. The highest BCUT2D eigenvalue weighted by molar-refractivity contribution is 5.92. The van der Waals surface area contributed by atoms with Crippen molar-refractivity contribution in [3.8, 4) is 22.6 Å². The number of hydrogen-bond acceptors (Lipinski definition) is 4. The van der Waals surface area contributed by atoms with Crippen LogP contribution in [0, 0.1) is 5.82 Å². The van der Waals surface area contributed by atoms with Gasteiger partial charge in [0.05, 0.1) is 17.9 Å². The van der Waals surface area contributed by atoms with Crippen LogP contribution in [0.2, 0.25) is 0 Å². The lowest BCUT2D eigenvalue weighted by molar-refractivity contribution is 0.192. The number of carbonyl (C=O) groups is 1. The summed E-state index contributed by atoms with van der Waals surface area (Å²) in [6.45, 7) is 5.85. The number of rotatable bonds is 4. The number of fused-ring (bicyclic) bond motifs is 1. The first-order chi connectivity index (χ1) is 16.2. The smallest absolute Gasteiger partial charge is 0.412 e. The third-order valence-corrected chi connectivity index (χ3v) is 6.95. The third kappa shape index (κ3) is 4.03. The van der Waals surface area contributed by atoms with Crippen LogP contribution >= 0.6 is 0 Å². The molecule has 3 heterocycles. The summed E-state index contributed by atoms with van der Waals surface area (Å²) in [5.41, 5.74) is 2.66. The van der Waals surface area contributed by atoms with Crippen molar-refractivity contribution in [3.63, 3.8) is 0 Å². The minimum Gasteiger partial charge on any atom is -0.465 e. The summed E-state index contributed by atoms with van der Waals surface area (Å²) in [5.74, 6) is 0.741. The molecule has 1 amide bonds. The van der Waals surface area contributed by atoms with Crippen molar-refractivity contribution in [1.29, 1.82) is 0 Å². The largest absolute Gasteiger partial charge is 0.465 e. The molecule has 1 aromatic heterocycles. The van der Waals surface area contributed by atoms with Gasteiger partial charge in [0, 0.05) is 35.0 Å². The molecule has 2 aliphatic heterocycles. The summed E-state index contributed by atoms with van der Waals surface area (Å²) in [6, 6.07) is 9.95. The van der Waals surface area contributed by atoms with Gasteiger partial charge in [0.25, 0.3) is 0 Å². The molecule has 0 spiro atoms. The Morgan fingerprint density at radius 1 is 1.21 bits per heavy atom. The van der Waals surface area contributed by atoms with E-state index in [0.717, 1.165) is 36.2 Å². The minimum absolute atomic E-state index is 0.321. The van der Waals surface area contributed by atoms with Gasteiger partial charge in [-0.05, 0) is 83.1 Å². The Labute approximate surface area is 198 Å². The molecular formula is C26H29FN4O3. The summed E-state index contributed by atoms with van der Waals surface area (Å²) in [7, 11) is 2.11. The van der Waals surface area contributed by atoms with Crippen molar-refractivity contribution in [2.45, 2.75) is 44.7 Å². The van der Waals surface area contributed by atoms with E-state index in [1.807, 2.05) is 43.1 Å². The summed E-state index contributed by atoms with van der Waals surface area (Å²) < 4.78 is 21.8. The Bertz CT molecular complexity index is 1220. The van der Waals surface area contributed by atoms with Crippen molar-refractivity contribution < 1.29 is 19.0 Å². The van der Waals surface area contributed by atoms with Gasteiger partial charge in [-0.15, -0.1) is 0 Å².